The predicted molar refractivity (Wildman–Crippen MR) is 71.0 cm³/mol. The minimum absolute atomic E-state index is 0.162. The zero-order valence-corrected chi connectivity index (χ0v) is 11.5. The summed E-state index contributed by atoms with van der Waals surface area (Å²) in [5.74, 6) is -1.39. The molecule has 0 aliphatic heterocycles. The summed E-state index contributed by atoms with van der Waals surface area (Å²) in [7, 11) is 0. The van der Waals surface area contributed by atoms with Gasteiger partial charge in [-0.1, -0.05) is 6.42 Å². The number of aliphatic carboxylic acids is 1. The first kappa shape index (κ1) is 13.7. The first-order valence-electron chi connectivity index (χ1n) is 5.78. The van der Waals surface area contributed by atoms with Crippen LogP contribution in [0.25, 0.3) is 0 Å². The lowest BCUT2D eigenvalue weighted by Crippen LogP contribution is -2.30. The summed E-state index contributed by atoms with van der Waals surface area (Å²) in [6, 6.07) is -0.296. The molecule has 1 fully saturated rings. The average Bonchev–Trinajstić information content (AvgIpc) is 2.79. The number of pyridine rings is 1. The number of carbonyl (C=O) groups is 1. The highest BCUT2D eigenvalue weighted by atomic mass is 79.9. The second kappa shape index (κ2) is 5.52. The quantitative estimate of drug-likeness (QED) is 0.649. The van der Waals surface area contributed by atoms with Crippen LogP contribution in [0, 0.1) is 16.0 Å². The first-order valence-corrected chi connectivity index (χ1v) is 6.57. The van der Waals surface area contributed by atoms with E-state index in [1.807, 2.05) is 0 Å². The molecule has 0 bridgehead atoms. The molecule has 1 heterocycles. The molecule has 2 atom stereocenters. The fourth-order valence-electron chi connectivity index (χ4n) is 2.32. The topological polar surface area (TPSA) is 105 Å². The minimum Gasteiger partial charge on any atom is -0.481 e. The maximum atomic E-state index is 11.1. The van der Waals surface area contributed by atoms with Gasteiger partial charge in [-0.15, -0.1) is 0 Å². The largest absolute Gasteiger partial charge is 0.481 e. The normalized spacial score (nSPS) is 22.2. The van der Waals surface area contributed by atoms with Crippen molar-refractivity contribution in [1.82, 2.24) is 4.98 Å². The monoisotopic (exact) mass is 329 g/mol. The van der Waals surface area contributed by atoms with Gasteiger partial charge in [0.05, 0.1) is 15.3 Å². The Kier molecular flexibility index (Phi) is 3.98. The van der Waals surface area contributed by atoms with Crippen LogP contribution in [0.2, 0.25) is 0 Å². The number of hydrogen-bond donors (Lipinski definition) is 2. The van der Waals surface area contributed by atoms with Gasteiger partial charge in [0.1, 0.15) is 11.9 Å². The van der Waals surface area contributed by atoms with Crippen molar-refractivity contribution < 1.29 is 14.8 Å². The molecule has 7 nitrogen and oxygen atoms in total. The van der Waals surface area contributed by atoms with E-state index in [1.54, 1.807) is 0 Å². The van der Waals surface area contributed by atoms with E-state index in [-0.39, 0.29) is 17.4 Å². The van der Waals surface area contributed by atoms with E-state index in [4.69, 9.17) is 5.11 Å². The summed E-state index contributed by atoms with van der Waals surface area (Å²) in [6.45, 7) is 0. The van der Waals surface area contributed by atoms with Gasteiger partial charge in [-0.05, 0) is 28.8 Å². The summed E-state index contributed by atoms with van der Waals surface area (Å²) in [4.78, 5) is 25.3. The Morgan fingerprint density at radius 1 is 1.53 bits per heavy atom. The Morgan fingerprint density at radius 2 is 2.26 bits per heavy atom. The van der Waals surface area contributed by atoms with Gasteiger partial charge in [0, 0.05) is 12.2 Å². The molecule has 0 amide bonds. The van der Waals surface area contributed by atoms with Crippen LogP contribution in [0.3, 0.4) is 0 Å². The SMILES string of the molecule is O=C(O)C1CCCC1Nc1c(Br)cncc1[N+](=O)[O-]. The van der Waals surface area contributed by atoms with Crippen LogP contribution < -0.4 is 5.32 Å². The predicted octanol–water partition coefficient (Wildman–Crippen LogP) is 2.42. The van der Waals surface area contributed by atoms with Crippen LogP contribution in [0.1, 0.15) is 19.3 Å². The Balaban J connectivity index is 2.28. The zero-order valence-electron chi connectivity index (χ0n) is 9.88. The number of anilines is 1. The molecular formula is C11H12BrN3O4. The number of halogens is 1. The van der Waals surface area contributed by atoms with Crippen LogP contribution in [0.5, 0.6) is 0 Å². The van der Waals surface area contributed by atoms with Crippen molar-refractivity contribution in [3.05, 3.63) is 27.0 Å². The lowest BCUT2D eigenvalue weighted by Gasteiger charge is -2.19. The number of aromatic nitrogens is 1. The molecule has 0 spiro atoms. The molecule has 1 aromatic heterocycles. The fraction of sp³-hybridized carbons (Fsp3) is 0.455. The second-order valence-electron chi connectivity index (χ2n) is 4.40. The summed E-state index contributed by atoms with van der Waals surface area (Å²) in [6.07, 6.45) is 4.66. The zero-order chi connectivity index (χ0) is 14.0. The van der Waals surface area contributed by atoms with Crippen molar-refractivity contribution in [3.63, 3.8) is 0 Å². The molecule has 8 heteroatoms. The number of nitro groups is 1. The number of carboxylic acids is 1. The first-order chi connectivity index (χ1) is 9.00. The Bertz CT molecular complexity index is 523. The summed E-state index contributed by atoms with van der Waals surface area (Å²) in [5, 5.41) is 23.0. The van der Waals surface area contributed by atoms with E-state index in [1.165, 1.54) is 6.20 Å². The third-order valence-corrected chi connectivity index (χ3v) is 3.84. The van der Waals surface area contributed by atoms with Crippen molar-refractivity contribution in [2.75, 3.05) is 5.32 Å². The Hall–Kier alpha value is -1.70. The van der Waals surface area contributed by atoms with Crippen molar-refractivity contribution in [2.45, 2.75) is 25.3 Å². The van der Waals surface area contributed by atoms with Crippen LogP contribution in [0.4, 0.5) is 11.4 Å². The fourth-order valence-corrected chi connectivity index (χ4v) is 2.76. The van der Waals surface area contributed by atoms with Gasteiger partial charge < -0.3 is 10.4 Å². The molecule has 1 aliphatic carbocycles. The Labute approximate surface area is 117 Å². The minimum atomic E-state index is -0.872. The lowest BCUT2D eigenvalue weighted by atomic mass is 10.0. The summed E-state index contributed by atoms with van der Waals surface area (Å²) in [5.41, 5.74) is 0.128. The van der Waals surface area contributed by atoms with Crippen molar-refractivity contribution >= 4 is 33.3 Å². The lowest BCUT2D eigenvalue weighted by molar-refractivity contribution is -0.384. The van der Waals surface area contributed by atoms with Gasteiger partial charge in [-0.2, -0.15) is 0 Å². The number of carboxylic acid groups (broad SMARTS) is 1. The molecule has 2 rings (SSSR count). The van der Waals surface area contributed by atoms with E-state index in [9.17, 15) is 14.9 Å². The highest BCUT2D eigenvalue weighted by Crippen LogP contribution is 2.35. The number of nitrogens with zero attached hydrogens (tertiary/aromatic N) is 2. The van der Waals surface area contributed by atoms with Gasteiger partial charge in [-0.3, -0.25) is 19.9 Å². The van der Waals surface area contributed by atoms with Gasteiger partial charge in [0.15, 0.2) is 0 Å². The molecule has 1 aromatic rings. The molecule has 102 valence electrons. The molecule has 0 saturated heterocycles. The second-order valence-corrected chi connectivity index (χ2v) is 5.25. The van der Waals surface area contributed by atoms with Crippen LogP contribution >= 0.6 is 15.9 Å². The molecule has 0 radical (unpaired) electrons. The van der Waals surface area contributed by atoms with Crippen LogP contribution in [0.15, 0.2) is 16.9 Å². The van der Waals surface area contributed by atoms with Crippen molar-refractivity contribution in [3.8, 4) is 0 Å². The summed E-state index contributed by atoms with van der Waals surface area (Å²) < 4.78 is 0.456. The molecule has 2 N–H and O–H groups in total. The van der Waals surface area contributed by atoms with E-state index in [0.29, 0.717) is 17.3 Å². The van der Waals surface area contributed by atoms with Gasteiger partial charge in [0.2, 0.25) is 0 Å². The average molecular weight is 330 g/mol. The third kappa shape index (κ3) is 2.83. The molecule has 19 heavy (non-hydrogen) atoms. The maximum Gasteiger partial charge on any atom is 0.311 e. The van der Waals surface area contributed by atoms with E-state index in [0.717, 1.165) is 12.6 Å². The highest BCUT2D eigenvalue weighted by Gasteiger charge is 2.34. The maximum absolute atomic E-state index is 11.1. The summed E-state index contributed by atoms with van der Waals surface area (Å²) >= 11 is 3.20. The van der Waals surface area contributed by atoms with Gasteiger partial charge in [-0.25, -0.2) is 0 Å². The highest BCUT2D eigenvalue weighted by molar-refractivity contribution is 9.10. The van der Waals surface area contributed by atoms with Crippen molar-refractivity contribution in [2.24, 2.45) is 5.92 Å². The number of rotatable bonds is 4. The van der Waals surface area contributed by atoms with E-state index >= 15 is 0 Å². The van der Waals surface area contributed by atoms with Gasteiger partial charge in [0.25, 0.3) is 0 Å². The third-order valence-electron chi connectivity index (χ3n) is 3.24. The van der Waals surface area contributed by atoms with Crippen LogP contribution in [-0.4, -0.2) is 27.0 Å². The molecule has 1 saturated carbocycles. The number of hydrogen-bond acceptors (Lipinski definition) is 5. The van der Waals surface area contributed by atoms with E-state index in [2.05, 4.69) is 26.2 Å². The number of nitrogens with one attached hydrogen (secondary N) is 1. The molecule has 1 aliphatic rings. The molecule has 0 aromatic carbocycles. The van der Waals surface area contributed by atoms with Gasteiger partial charge >= 0.3 is 11.7 Å². The standard InChI is InChI=1S/C11H12BrN3O4/c12-7-4-13-5-9(15(18)19)10(7)14-8-3-1-2-6(8)11(16)17/h4-6,8H,1-3H2,(H,13,14)(H,16,17). The van der Waals surface area contributed by atoms with E-state index < -0.39 is 16.8 Å². The van der Waals surface area contributed by atoms with Crippen molar-refractivity contribution in [1.29, 1.82) is 0 Å². The Morgan fingerprint density at radius 3 is 2.89 bits per heavy atom. The smallest absolute Gasteiger partial charge is 0.311 e. The van der Waals surface area contributed by atoms with Crippen LogP contribution in [-0.2, 0) is 4.79 Å². The molecular weight excluding hydrogens is 318 g/mol. The molecule has 2 unspecified atom stereocenters.